The van der Waals surface area contributed by atoms with Crippen LogP contribution in [0.25, 0.3) is 87.6 Å². The second-order valence-corrected chi connectivity index (χ2v) is 13.8. The van der Waals surface area contributed by atoms with Gasteiger partial charge in [0.1, 0.15) is 11.2 Å². The van der Waals surface area contributed by atoms with E-state index in [9.17, 15) is 2.74 Å². The van der Waals surface area contributed by atoms with Gasteiger partial charge in [0, 0.05) is 33.1 Å². The summed E-state index contributed by atoms with van der Waals surface area (Å²) in [4.78, 5) is 1.74. The molecule has 11 aromatic rings. The Morgan fingerprint density at radius 3 is 1.73 bits per heavy atom. The summed E-state index contributed by atoms with van der Waals surface area (Å²) in [6.45, 7) is 0. The summed E-state index contributed by atoms with van der Waals surface area (Å²) in [5.74, 6) is 0. The van der Waals surface area contributed by atoms with Crippen LogP contribution >= 0.6 is 0 Å². The van der Waals surface area contributed by atoms with Gasteiger partial charge in [-0.3, -0.25) is 0 Å². The minimum atomic E-state index is -0.559. The number of nitrogens with zero attached hydrogens (tertiary/aromatic N) is 1. The summed E-state index contributed by atoms with van der Waals surface area (Å²) in [5, 5.41) is 3.91. The number of anilines is 3. The Bertz CT molecular complexity index is 3750. The quantitative estimate of drug-likeness (QED) is 0.159. The van der Waals surface area contributed by atoms with Gasteiger partial charge in [-0.25, -0.2) is 0 Å². The van der Waals surface area contributed by atoms with Gasteiger partial charge in [0.2, 0.25) is 0 Å². The van der Waals surface area contributed by atoms with Gasteiger partial charge in [-0.2, -0.15) is 0 Å². The van der Waals surface area contributed by atoms with Crippen LogP contribution in [-0.2, 0) is 0 Å². The molecule has 0 bridgehead atoms. The van der Waals surface area contributed by atoms with Crippen molar-refractivity contribution in [1.29, 1.82) is 0 Å². The molecule has 2 heteroatoms. The molecular weight excluding hydrogens is 679 g/mol. The minimum absolute atomic E-state index is 0.0389. The fraction of sp³-hybridized carbons (Fsp3) is 0. The molecule has 0 aliphatic heterocycles. The molecule has 0 saturated carbocycles. The second-order valence-electron chi connectivity index (χ2n) is 13.8. The summed E-state index contributed by atoms with van der Waals surface area (Å²) in [7, 11) is 0. The lowest BCUT2D eigenvalue weighted by molar-refractivity contribution is 0.670. The van der Waals surface area contributed by atoms with E-state index in [-0.39, 0.29) is 33.3 Å². The molecule has 56 heavy (non-hydrogen) atoms. The molecule has 0 spiro atoms. The molecule has 0 radical (unpaired) electrons. The molecule has 0 saturated heterocycles. The van der Waals surface area contributed by atoms with E-state index in [0.29, 0.717) is 11.4 Å². The molecule has 0 atom stereocenters. The molecule has 0 unspecified atom stereocenters. The largest absolute Gasteiger partial charge is 0.455 e. The van der Waals surface area contributed by atoms with Gasteiger partial charge in [-0.15, -0.1) is 0 Å². The molecule has 2 nitrogen and oxygen atoms in total. The number of fused-ring (bicyclic) bond motifs is 7. The van der Waals surface area contributed by atoms with E-state index >= 15 is 0 Å². The summed E-state index contributed by atoms with van der Waals surface area (Å²) >= 11 is 0. The average molecular weight is 723 g/mol. The van der Waals surface area contributed by atoms with Crippen molar-refractivity contribution in [1.82, 2.24) is 0 Å². The fourth-order valence-electron chi connectivity index (χ4n) is 7.82. The number of rotatable bonds is 6. The molecule has 10 aromatic carbocycles. The van der Waals surface area contributed by atoms with E-state index in [1.165, 1.54) is 10.8 Å². The zero-order chi connectivity index (χ0) is 44.8. The SMILES string of the molecule is [2H]c1c([2H])c([2H])c2c(c1[2H])c([2H])c(N(c1ccc(-c3ccc(-c4ccc5ccccc5c4)cc3)cc1)c1ccc(-c3cccc4c3oc3ccccc34)cc1)c1c([2H])c([2H])c([2H])c([2H])c12. The first-order valence-electron chi connectivity index (χ1n) is 22.9. The van der Waals surface area contributed by atoms with Crippen LogP contribution < -0.4 is 4.90 Å². The molecule has 0 amide bonds. The van der Waals surface area contributed by atoms with Crippen molar-refractivity contribution in [2.24, 2.45) is 0 Å². The second kappa shape index (κ2) is 13.2. The maximum absolute atomic E-state index is 9.82. The zero-order valence-electron chi connectivity index (χ0n) is 38.9. The number of benzene rings is 10. The van der Waals surface area contributed by atoms with Crippen LogP contribution in [0.4, 0.5) is 17.1 Å². The van der Waals surface area contributed by atoms with Crippen molar-refractivity contribution in [3.8, 4) is 33.4 Å². The van der Waals surface area contributed by atoms with Crippen molar-refractivity contribution in [2.75, 3.05) is 4.90 Å². The highest BCUT2D eigenvalue weighted by molar-refractivity contribution is 6.15. The van der Waals surface area contributed by atoms with Crippen LogP contribution in [0, 0.1) is 0 Å². The van der Waals surface area contributed by atoms with Crippen LogP contribution in [-0.4, -0.2) is 0 Å². The van der Waals surface area contributed by atoms with Crippen LogP contribution in [0.2, 0.25) is 0 Å². The van der Waals surface area contributed by atoms with Gasteiger partial charge in [0.25, 0.3) is 0 Å². The lowest BCUT2D eigenvalue weighted by Gasteiger charge is -2.28. The monoisotopic (exact) mass is 722 g/mol. The minimum Gasteiger partial charge on any atom is -0.455 e. The number of furan rings is 1. The zero-order valence-corrected chi connectivity index (χ0v) is 29.9. The van der Waals surface area contributed by atoms with Crippen molar-refractivity contribution in [3.05, 3.63) is 212 Å². The summed E-state index contributed by atoms with van der Waals surface area (Å²) in [5.41, 5.74) is 8.45. The molecule has 11 rings (SSSR count). The number of hydrogen-bond donors (Lipinski definition) is 0. The topological polar surface area (TPSA) is 16.4 Å². The number of hydrogen-bond acceptors (Lipinski definition) is 2. The van der Waals surface area contributed by atoms with Crippen LogP contribution in [0.15, 0.2) is 217 Å². The van der Waals surface area contributed by atoms with Gasteiger partial charge >= 0.3 is 0 Å². The Hall–Kier alpha value is -7.42. The van der Waals surface area contributed by atoms with Crippen molar-refractivity contribution in [3.63, 3.8) is 0 Å². The highest BCUT2D eigenvalue weighted by atomic mass is 16.3. The molecule has 262 valence electrons. The molecule has 1 heterocycles. The summed E-state index contributed by atoms with van der Waals surface area (Å²) in [6.07, 6.45) is 0. The Kier molecular flexibility index (Phi) is 5.66. The van der Waals surface area contributed by atoms with Crippen LogP contribution in [0.5, 0.6) is 0 Å². The van der Waals surface area contributed by atoms with E-state index in [0.717, 1.165) is 55.3 Å². The van der Waals surface area contributed by atoms with E-state index in [2.05, 4.69) is 54.6 Å². The lowest BCUT2D eigenvalue weighted by Crippen LogP contribution is -2.10. The molecular formula is C54H35NO. The summed E-state index contributed by atoms with van der Waals surface area (Å²) in [6, 6.07) is 47.9. The van der Waals surface area contributed by atoms with E-state index in [1.807, 2.05) is 103 Å². The smallest absolute Gasteiger partial charge is 0.143 e. The van der Waals surface area contributed by atoms with Crippen LogP contribution in [0.3, 0.4) is 0 Å². The van der Waals surface area contributed by atoms with Gasteiger partial charge in [-0.1, -0.05) is 170 Å². The van der Waals surface area contributed by atoms with E-state index in [1.54, 1.807) is 4.90 Å². The van der Waals surface area contributed by atoms with E-state index in [4.69, 9.17) is 14.0 Å². The Balaban J connectivity index is 1.10. The molecule has 1 aromatic heterocycles. The van der Waals surface area contributed by atoms with Crippen LogP contribution in [0.1, 0.15) is 12.3 Å². The van der Waals surface area contributed by atoms with Crippen molar-refractivity contribution < 1.29 is 16.8 Å². The first-order valence-corrected chi connectivity index (χ1v) is 18.4. The molecule has 0 aliphatic rings. The predicted octanol–water partition coefficient (Wildman–Crippen LogP) is 15.5. The van der Waals surface area contributed by atoms with Gasteiger partial charge in [-0.05, 0) is 97.2 Å². The third kappa shape index (κ3) is 5.42. The highest BCUT2D eigenvalue weighted by Gasteiger charge is 2.19. The van der Waals surface area contributed by atoms with E-state index < -0.39 is 48.3 Å². The maximum Gasteiger partial charge on any atom is 0.143 e. The molecule has 0 N–H and O–H groups in total. The Morgan fingerprint density at radius 1 is 0.393 bits per heavy atom. The fourth-order valence-corrected chi connectivity index (χ4v) is 7.82. The third-order valence-corrected chi connectivity index (χ3v) is 10.6. The first-order chi connectivity index (χ1) is 31.5. The summed E-state index contributed by atoms with van der Waals surface area (Å²) < 4.78 is 87.2. The number of para-hydroxylation sites is 2. The highest BCUT2D eigenvalue weighted by Crippen LogP contribution is 2.44. The Morgan fingerprint density at radius 2 is 0.964 bits per heavy atom. The van der Waals surface area contributed by atoms with Gasteiger partial charge in [0.05, 0.1) is 18.0 Å². The van der Waals surface area contributed by atoms with Crippen molar-refractivity contribution in [2.45, 2.75) is 0 Å². The predicted molar refractivity (Wildman–Crippen MR) is 237 cm³/mol. The lowest BCUT2D eigenvalue weighted by atomic mass is 9.97. The average Bonchev–Trinajstić information content (AvgIpc) is 3.73. The normalized spacial score (nSPS) is 13.8. The first kappa shape index (κ1) is 24.1. The van der Waals surface area contributed by atoms with Gasteiger partial charge in [0.15, 0.2) is 0 Å². The maximum atomic E-state index is 9.82. The standard InChI is InChI=1S/C54H35NO/c1-2-11-41-34-42(25-24-36(41)10-1)39-22-20-37(21-23-39)38-26-30-44(31-27-38)55(52-35-43-12-3-4-13-46(43)48-14-5-6-15-49(48)52)45-32-28-40(29-33-45)47-17-9-18-51-50-16-7-8-19-53(50)56-54(47)51/h1-35H/i3D,4D,5D,6D,12D,13D,14D,15D,35D. The molecule has 0 aliphatic carbocycles. The Labute approximate surface area is 337 Å². The third-order valence-electron chi connectivity index (χ3n) is 10.6. The molecule has 0 fully saturated rings. The van der Waals surface area contributed by atoms with Crippen molar-refractivity contribution >= 4 is 71.3 Å². The van der Waals surface area contributed by atoms with Gasteiger partial charge < -0.3 is 9.32 Å².